The van der Waals surface area contributed by atoms with Crippen molar-refractivity contribution in [1.29, 1.82) is 0 Å². The summed E-state index contributed by atoms with van der Waals surface area (Å²) < 4.78 is 22.0. The zero-order chi connectivity index (χ0) is 25.2. The summed E-state index contributed by atoms with van der Waals surface area (Å²) in [4.78, 5) is 40.6. The Labute approximate surface area is 204 Å². The molecule has 0 bridgehead atoms. The van der Waals surface area contributed by atoms with E-state index in [1.807, 2.05) is 0 Å². The molecule has 0 N–H and O–H groups in total. The molecule has 2 aromatic carbocycles. The SMILES string of the molecule is O=C(c1ccccc1[N+](=O)[O-])N1CCN(c2ccc(N3C[C@H](Cn4ccnn4)OC3=O)cc2F)CC1. The Hall–Kier alpha value is -4.55. The first-order valence-electron chi connectivity index (χ1n) is 11.3. The van der Waals surface area contributed by atoms with Crippen LogP contribution in [0.3, 0.4) is 0 Å². The average molecular weight is 495 g/mol. The summed E-state index contributed by atoms with van der Waals surface area (Å²) in [6, 6.07) is 10.4. The van der Waals surface area contributed by atoms with E-state index in [0.717, 1.165) is 0 Å². The molecule has 2 saturated heterocycles. The number of aromatic nitrogens is 3. The highest BCUT2D eigenvalue weighted by molar-refractivity contribution is 5.98. The molecule has 0 saturated carbocycles. The number of benzene rings is 2. The molecule has 3 heterocycles. The number of rotatable bonds is 6. The van der Waals surface area contributed by atoms with Gasteiger partial charge in [-0.05, 0) is 24.3 Å². The van der Waals surface area contributed by atoms with Crippen LogP contribution in [0.25, 0.3) is 0 Å². The molecule has 36 heavy (non-hydrogen) atoms. The van der Waals surface area contributed by atoms with Crippen molar-refractivity contribution < 1.29 is 23.6 Å². The molecule has 0 unspecified atom stereocenters. The van der Waals surface area contributed by atoms with E-state index in [9.17, 15) is 19.7 Å². The Morgan fingerprint density at radius 1 is 1.17 bits per heavy atom. The highest BCUT2D eigenvalue weighted by Crippen LogP contribution is 2.29. The largest absolute Gasteiger partial charge is 0.442 e. The second-order valence-electron chi connectivity index (χ2n) is 8.43. The Morgan fingerprint density at radius 2 is 1.94 bits per heavy atom. The van der Waals surface area contributed by atoms with E-state index in [1.165, 1.54) is 40.3 Å². The van der Waals surface area contributed by atoms with Gasteiger partial charge in [0.15, 0.2) is 0 Å². The Bertz CT molecular complexity index is 1290. The number of amides is 2. The van der Waals surface area contributed by atoms with Gasteiger partial charge in [-0.15, -0.1) is 5.10 Å². The quantitative estimate of drug-likeness (QED) is 0.377. The number of hydrogen-bond donors (Lipinski definition) is 0. The van der Waals surface area contributed by atoms with Crippen LogP contribution in [0.2, 0.25) is 0 Å². The summed E-state index contributed by atoms with van der Waals surface area (Å²) in [6.45, 7) is 1.88. The van der Waals surface area contributed by atoms with Crippen LogP contribution in [0.5, 0.6) is 0 Å². The number of hydrogen-bond acceptors (Lipinski definition) is 8. The molecule has 5 rings (SSSR count). The van der Waals surface area contributed by atoms with Crippen molar-refractivity contribution in [2.24, 2.45) is 0 Å². The third-order valence-electron chi connectivity index (χ3n) is 6.22. The fourth-order valence-electron chi connectivity index (χ4n) is 4.42. The monoisotopic (exact) mass is 495 g/mol. The Balaban J connectivity index is 1.22. The minimum absolute atomic E-state index is 0.0334. The van der Waals surface area contributed by atoms with Gasteiger partial charge in [0.2, 0.25) is 0 Å². The second kappa shape index (κ2) is 9.60. The van der Waals surface area contributed by atoms with E-state index in [4.69, 9.17) is 4.74 Å². The smallest absolute Gasteiger partial charge is 0.414 e. The number of para-hydroxylation sites is 1. The third kappa shape index (κ3) is 4.54. The van der Waals surface area contributed by atoms with E-state index in [0.29, 0.717) is 31.0 Å². The third-order valence-corrected chi connectivity index (χ3v) is 6.22. The van der Waals surface area contributed by atoms with Gasteiger partial charge in [0.05, 0.1) is 35.6 Å². The maximum absolute atomic E-state index is 15.1. The Kier molecular flexibility index (Phi) is 6.19. The summed E-state index contributed by atoms with van der Waals surface area (Å²) in [5.74, 6) is -0.927. The molecular formula is C23H22FN7O5. The van der Waals surface area contributed by atoms with Crippen molar-refractivity contribution in [3.63, 3.8) is 0 Å². The van der Waals surface area contributed by atoms with Gasteiger partial charge in [-0.1, -0.05) is 17.3 Å². The average Bonchev–Trinajstić information content (AvgIpc) is 3.53. The van der Waals surface area contributed by atoms with Gasteiger partial charge in [0, 0.05) is 38.4 Å². The fraction of sp³-hybridized carbons (Fsp3) is 0.304. The van der Waals surface area contributed by atoms with Crippen molar-refractivity contribution in [3.8, 4) is 0 Å². The lowest BCUT2D eigenvalue weighted by Gasteiger charge is -2.36. The van der Waals surface area contributed by atoms with E-state index in [2.05, 4.69) is 10.3 Å². The maximum Gasteiger partial charge on any atom is 0.414 e. The van der Waals surface area contributed by atoms with Crippen molar-refractivity contribution >= 4 is 29.1 Å². The molecule has 2 aliphatic rings. The van der Waals surface area contributed by atoms with Gasteiger partial charge in [-0.3, -0.25) is 19.8 Å². The molecule has 0 radical (unpaired) electrons. The van der Waals surface area contributed by atoms with Gasteiger partial charge in [0.1, 0.15) is 17.5 Å². The molecule has 2 amide bonds. The first kappa shape index (κ1) is 23.2. The molecule has 0 aliphatic carbocycles. The fourth-order valence-corrected chi connectivity index (χ4v) is 4.42. The zero-order valence-corrected chi connectivity index (χ0v) is 19.1. The van der Waals surface area contributed by atoms with Gasteiger partial charge in [0.25, 0.3) is 11.6 Å². The van der Waals surface area contributed by atoms with Crippen LogP contribution in [-0.4, -0.2) is 75.6 Å². The lowest BCUT2D eigenvalue weighted by atomic mass is 10.1. The number of piperazine rings is 1. The van der Waals surface area contributed by atoms with Crippen LogP contribution < -0.4 is 9.80 Å². The molecule has 1 atom stereocenters. The summed E-state index contributed by atoms with van der Waals surface area (Å²) in [6.07, 6.45) is 2.20. The van der Waals surface area contributed by atoms with E-state index in [-0.39, 0.29) is 30.9 Å². The van der Waals surface area contributed by atoms with Crippen LogP contribution in [0.1, 0.15) is 10.4 Å². The molecule has 12 nitrogen and oxygen atoms in total. The topological polar surface area (TPSA) is 127 Å². The number of ether oxygens (including phenoxy) is 1. The maximum atomic E-state index is 15.1. The Morgan fingerprint density at radius 3 is 2.64 bits per heavy atom. The van der Waals surface area contributed by atoms with Gasteiger partial charge in [-0.2, -0.15) is 0 Å². The number of anilines is 2. The lowest BCUT2D eigenvalue weighted by molar-refractivity contribution is -0.385. The van der Waals surface area contributed by atoms with Crippen LogP contribution in [0.4, 0.5) is 26.2 Å². The van der Waals surface area contributed by atoms with Crippen molar-refractivity contribution in [1.82, 2.24) is 19.9 Å². The molecule has 0 spiro atoms. The normalized spacial score (nSPS) is 17.9. The van der Waals surface area contributed by atoms with Gasteiger partial charge < -0.3 is 14.5 Å². The van der Waals surface area contributed by atoms with Crippen molar-refractivity contribution in [3.05, 3.63) is 76.4 Å². The highest BCUT2D eigenvalue weighted by atomic mass is 19.1. The molecule has 13 heteroatoms. The van der Waals surface area contributed by atoms with Crippen LogP contribution in [-0.2, 0) is 11.3 Å². The number of carbonyl (C=O) groups excluding carboxylic acids is 2. The van der Waals surface area contributed by atoms with E-state index in [1.54, 1.807) is 34.0 Å². The van der Waals surface area contributed by atoms with Crippen LogP contribution in [0, 0.1) is 15.9 Å². The number of nitrogens with zero attached hydrogens (tertiary/aromatic N) is 7. The number of carbonyl (C=O) groups is 2. The van der Waals surface area contributed by atoms with Crippen LogP contribution in [0.15, 0.2) is 54.9 Å². The first-order valence-corrected chi connectivity index (χ1v) is 11.3. The molecule has 1 aromatic heterocycles. The van der Waals surface area contributed by atoms with Crippen molar-refractivity contribution in [2.45, 2.75) is 12.6 Å². The minimum Gasteiger partial charge on any atom is -0.442 e. The lowest BCUT2D eigenvalue weighted by Crippen LogP contribution is -2.49. The summed E-state index contributed by atoms with van der Waals surface area (Å²) >= 11 is 0. The standard InChI is InChI=1S/C23H22FN7O5/c24-19-13-16(30-15-17(36-23(30)33)14-29-8-7-25-26-29)5-6-21(19)27-9-11-28(12-10-27)22(32)18-3-1-2-4-20(18)31(34)35/h1-8,13,17H,9-12,14-15H2/t17-/m0/s1. The summed E-state index contributed by atoms with van der Waals surface area (Å²) in [5, 5.41) is 18.8. The van der Waals surface area contributed by atoms with E-state index < -0.39 is 28.8 Å². The molecular weight excluding hydrogens is 473 g/mol. The van der Waals surface area contributed by atoms with E-state index >= 15 is 4.39 Å². The highest BCUT2D eigenvalue weighted by Gasteiger charge is 2.34. The van der Waals surface area contributed by atoms with Gasteiger partial charge >= 0.3 is 6.09 Å². The molecule has 2 aliphatic heterocycles. The minimum atomic E-state index is -0.576. The molecule has 2 fully saturated rings. The van der Waals surface area contributed by atoms with Gasteiger partial charge in [-0.25, -0.2) is 13.9 Å². The zero-order valence-electron chi connectivity index (χ0n) is 19.1. The summed E-state index contributed by atoms with van der Waals surface area (Å²) in [7, 11) is 0. The summed E-state index contributed by atoms with van der Waals surface area (Å²) in [5.41, 5.74) is 0.525. The number of nitro benzene ring substituents is 1. The van der Waals surface area contributed by atoms with Crippen molar-refractivity contribution in [2.75, 3.05) is 42.5 Å². The molecule has 186 valence electrons. The molecule has 3 aromatic rings. The second-order valence-corrected chi connectivity index (χ2v) is 8.43. The number of halogens is 1. The predicted octanol–water partition coefficient (Wildman–Crippen LogP) is 2.31. The van der Waals surface area contributed by atoms with Crippen LogP contribution >= 0.6 is 0 Å². The first-order chi connectivity index (χ1) is 17.4. The number of cyclic esters (lactones) is 1. The predicted molar refractivity (Wildman–Crippen MR) is 125 cm³/mol. The number of nitro groups is 1.